The summed E-state index contributed by atoms with van der Waals surface area (Å²) in [5, 5.41) is 5.22. The standard InChI is InChI=1S/C17H18N2O2/c1-11-5-4-6-14(9-11)18-16(20)17(21)19-15-10-12(2)7-8-13(15)3/h4-10H,1-3H3,(H,18,20)(H,19,21). The quantitative estimate of drug-likeness (QED) is 0.831. The highest BCUT2D eigenvalue weighted by Gasteiger charge is 2.15. The molecule has 21 heavy (non-hydrogen) atoms. The molecule has 0 saturated heterocycles. The third-order valence-corrected chi connectivity index (χ3v) is 3.12. The number of aryl methyl sites for hydroxylation is 3. The molecule has 0 bridgehead atoms. The molecule has 0 aliphatic rings. The molecule has 0 heterocycles. The Morgan fingerprint density at radius 2 is 1.48 bits per heavy atom. The molecule has 0 fully saturated rings. The summed E-state index contributed by atoms with van der Waals surface area (Å²) in [6, 6.07) is 13.0. The highest BCUT2D eigenvalue weighted by Crippen LogP contribution is 2.16. The third-order valence-electron chi connectivity index (χ3n) is 3.12. The summed E-state index contributed by atoms with van der Waals surface area (Å²) in [5.74, 6) is -1.35. The average Bonchev–Trinajstić information content (AvgIpc) is 2.43. The van der Waals surface area contributed by atoms with Crippen LogP contribution in [0, 0.1) is 20.8 Å². The third kappa shape index (κ3) is 3.92. The second kappa shape index (κ2) is 6.22. The van der Waals surface area contributed by atoms with Gasteiger partial charge in [-0.3, -0.25) is 9.59 Å². The number of carbonyl (C=O) groups is 2. The number of amides is 2. The second-order valence-electron chi connectivity index (χ2n) is 5.10. The van der Waals surface area contributed by atoms with Crippen molar-refractivity contribution in [1.29, 1.82) is 0 Å². The van der Waals surface area contributed by atoms with Crippen LogP contribution >= 0.6 is 0 Å². The van der Waals surface area contributed by atoms with Crippen molar-refractivity contribution in [3.8, 4) is 0 Å². The molecule has 2 aromatic rings. The lowest BCUT2D eigenvalue weighted by atomic mass is 10.1. The van der Waals surface area contributed by atoms with E-state index in [1.54, 1.807) is 6.07 Å². The number of anilines is 2. The lowest BCUT2D eigenvalue weighted by Gasteiger charge is -2.10. The molecule has 108 valence electrons. The van der Waals surface area contributed by atoms with Crippen molar-refractivity contribution in [3.63, 3.8) is 0 Å². The van der Waals surface area contributed by atoms with Crippen molar-refractivity contribution in [2.24, 2.45) is 0 Å². The predicted octanol–water partition coefficient (Wildman–Crippen LogP) is 3.19. The molecule has 2 amide bonds. The Balaban J connectivity index is 2.06. The van der Waals surface area contributed by atoms with Gasteiger partial charge >= 0.3 is 11.8 Å². The van der Waals surface area contributed by atoms with Gasteiger partial charge in [-0.05, 0) is 55.7 Å². The molecule has 2 aromatic carbocycles. The lowest BCUT2D eigenvalue weighted by Crippen LogP contribution is -2.29. The van der Waals surface area contributed by atoms with Crippen molar-refractivity contribution in [1.82, 2.24) is 0 Å². The molecular weight excluding hydrogens is 264 g/mol. The molecule has 2 N–H and O–H groups in total. The average molecular weight is 282 g/mol. The van der Waals surface area contributed by atoms with Gasteiger partial charge in [0, 0.05) is 11.4 Å². The Morgan fingerprint density at radius 3 is 2.19 bits per heavy atom. The van der Waals surface area contributed by atoms with E-state index in [9.17, 15) is 9.59 Å². The van der Waals surface area contributed by atoms with E-state index < -0.39 is 11.8 Å². The maximum Gasteiger partial charge on any atom is 0.314 e. The number of rotatable bonds is 2. The number of carbonyl (C=O) groups excluding carboxylic acids is 2. The first-order valence-electron chi connectivity index (χ1n) is 6.72. The Kier molecular flexibility index (Phi) is 4.38. The first-order valence-corrected chi connectivity index (χ1v) is 6.72. The Labute approximate surface area is 124 Å². The minimum absolute atomic E-state index is 0.608. The van der Waals surface area contributed by atoms with E-state index in [2.05, 4.69) is 10.6 Å². The van der Waals surface area contributed by atoms with Crippen LogP contribution in [0.3, 0.4) is 0 Å². The first-order chi connectivity index (χ1) is 9.95. The van der Waals surface area contributed by atoms with Crippen LogP contribution in [0.25, 0.3) is 0 Å². The molecule has 0 radical (unpaired) electrons. The summed E-state index contributed by atoms with van der Waals surface area (Å²) >= 11 is 0. The fraction of sp³-hybridized carbons (Fsp3) is 0.176. The summed E-state index contributed by atoms with van der Waals surface area (Å²) in [5.41, 5.74) is 4.21. The smallest absolute Gasteiger partial charge is 0.314 e. The normalized spacial score (nSPS) is 10.0. The fourth-order valence-corrected chi connectivity index (χ4v) is 1.96. The van der Waals surface area contributed by atoms with Crippen molar-refractivity contribution in [2.75, 3.05) is 10.6 Å². The van der Waals surface area contributed by atoms with Crippen molar-refractivity contribution in [3.05, 3.63) is 59.2 Å². The highest BCUT2D eigenvalue weighted by molar-refractivity contribution is 6.43. The van der Waals surface area contributed by atoms with Crippen molar-refractivity contribution < 1.29 is 9.59 Å². The van der Waals surface area contributed by atoms with Gasteiger partial charge < -0.3 is 10.6 Å². The van der Waals surface area contributed by atoms with E-state index in [1.807, 2.05) is 57.2 Å². The summed E-state index contributed by atoms with van der Waals surface area (Å²) in [4.78, 5) is 23.8. The van der Waals surface area contributed by atoms with Gasteiger partial charge in [0.15, 0.2) is 0 Å². The minimum Gasteiger partial charge on any atom is -0.318 e. The zero-order chi connectivity index (χ0) is 15.4. The largest absolute Gasteiger partial charge is 0.318 e. The van der Waals surface area contributed by atoms with Crippen molar-refractivity contribution in [2.45, 2.75) is 20.8 Å². The van der Waals surface area contributed by atoms with E-state index in [4.69, 9.17) is 0 Å². The van der Waals surface area contributed by atoms with Gasteiger partial charge in [0.1, 0.15) is 0 Å². The van der Waals surface area contributed by atoms with Crippen LogP contribution in [0.15, 0.2) is 42.5 Å². The van der Waals surface area contributed by atoms with E-state index in [-0.39, 0.29) is 0 Å². The molecular formula is C17H18N2O2. The zero-order valence-corrected chi connectivity index (χ0v) is 12.4. The van der Waals surface area contributed by atoms with Gasteiger partial charge in [-0.15, -0.1) is 0 Å². The van der Waals surface area contributed by atoms with Crippen LogP contribution in [0.1, 0.15) is 16.7 Å². The molecule has 0 aliphatic heterocycles. The second-order valence-corrected chi connectivity index (χ2v) is 5.10. The van der Waals surface area contributed by atoms with Crippen molar-refractivity contribution >= 4 is 23.2 Å². The first kappa shape index (κ1) is 14.8. The maximum atomic E-state index is 11.9. The molecule has 0 atom stereocenters. The number of nitrogens with one attached hydrogen (secondary N) is 2. The topological polar surface area (TPSA) is 58.2 Å². The number of benzene rings is 2. The summed E-state index contributed by atoms with van der Waals surface area (Å²) in [7, 11) is 0. The molecule has 0 unspecified atom stereocenters. The number of hydrogen-bond acceptors (Lipinski definition) is 2. The summed E-state index contributed by atoms with van der Waals surface area (Å²) < 4.78 is 0. The van der Waals surface area contributed by atoms with Crippen LogP contribution < -0.4 is 10.6 Å². The van der Waals surface area contributed by atoms with Crippen LogP contribution in [-0.2, 0) is 9.59 Å². The minimum atomic E-state index is -0.679. The van der Waals surface area contributed by atoms with Gasteiger partial charge in [0.25, 0.3) is 0 Å². The van der Waals surface area contributed by atoms with Crippen LogP contribution in [-0.4, -0.2) is 11.8 Å². The molecule has 2 rings (SSSR count). The fourth-order valence-electron chi connectivity index (χ4n) is 1.96. The van der Waals surface area contributed by atoms with E-state index in [0.717, 1.165) is 16.7 Å². The van der Waals surface area contributed by atoms with Gasteiger partial charge in [0.05, 0.1) is 0 Å². The Morgan fingerprint density at radius 1 is 0.810 bits per heavy atom. The van der Waals surface area contributed by atoms with Gasteiger partial charge in [-0.1, -0.05) is 24.3 Å². The van der Waals surface area contributed by atoms with Crippen LogP contribution in [0.4, 0.5) is 11.4 Å². The summed E-state index contributed by atoms with van der Waals surface area (Å²) in [6.45, 7) is 5.74. The maximum absolute atomic E-state index is 11.9. The van der Waals surface area contributed by atoms with Gasteiger partial charge in [-0.25, -0.2) is 0 Å². The Hall–Kier alpha value is -2.62. The lowest BCUT2D eigenvalue weighted by molar-refractivity contribution is -0.133. The molecule has 0 spiro atoms. The summed E-state index contributed by atoms with van der Waals surface area (Å²) in [6.07, 6.45) is 0. The van der Waals surface area contributed by atoms with E-state index in [0.29, 0.717) is 11.4 Å². The number of hydrogen-bond donors (Lipinski definition) is 2. The van der Waals surface area contributed by atoms with Crippen LogP contribution in [0.5, 0.6) is 0 Å². The SMILES string of the molecule is Cc1cccc(NC(=O)C(=O)Nc2cc(C)ccc2C)c1. The Bertz CT molecular complexity index is 693. The highest BCUT2D eigenvalue weighted by atomic mass is 16.2. The van der Waals surface area contributed by atoms with E-state index >= 15 is 0 Å². The van der Waals surface area contributed by atoms with Gasteiger partial charge in [-0.2, -0.15) is 0 Å². The van der Waals surface area contributed by atoms with E-state index in [1.165, 1.54) is 0 Å². The molecule has 0 saturated carbocycles. The zero-order valence-electron chi connectivity index (χ0n) is 12.4. The molecule has 4 nitrogen and oxygen atoms in total. The molecule has 0 aliphatic carbocycles. The molecule has 0 aromatic heterocycles. The predicted molar refractivity (Wildman–Crippen MR) is 84.4 cm³/mol. The monoisotopic (exact) mass is 282 g/mol. The molecule has 4 heteroatoms. The van der Waals surface area contributed by atoms with Gasteiger partial charge in [0.2, 0.25) is 0 Å². The van der Waals surface area contributed by atoms with Crippen LogP contribution in [0.2, 0.25) is 0 Å².